The first-order valence-corrected chi connectivity index (χ1v) is 5.26. The number of carbonyl (C=O) groups is 2. The molecule has 0 aromatic carbocycles. The molecule has 0 N–H and O–H groups in total. The minimum Gasteiger partial charge on any atom is -0.461 e. The van der Waals surface area contributed by atoms with Crippen molar-refractivity contribution in [2.75, 3.05) is 6.61 Å². The summed E-state index contributed by atoms with van der Waals surface area (Å²) in [6.45, 7) is 2.93. The molecule has 0 aliphatic rings. The van der Waals surface area contributed by atoms with E-state index in [2.05, 4.69) is 20.7 Å². The number of ketones is 1. The van der Waals surface area contributed by atoms with Crippen LogP contribution in [-0.4, -0.2) is 34.2 Å². The first-order chi connectivity index (χ1) is 6.90. The van der Waals surface area contributed by atoms with E-state index >= 15 is 0 Å². The Bertz CT molecular complexity index is 268. The van der Waals surface area contributed by atoms with Gasteiger partial charge in [0.1, 0.15) is 5.78 Å². The predicted molar refractivity (Wildman–Crippen MR) is 55.4 cm³/mol. The molecule has 7 heteroatoms. The van der Waals surface area contributed by atoms with Gasteiger partial charge in [-0.2, -0.15) is 0 Å². The fraction of sp³-hybridized carbons (Fsp3) is 0.750. The molecule has 0 fully saturated rings. The van der Waals surface area contributed by atoms with Crippen LogP contribution in [0.4, 0.5) is 0 Å². The molecule has 0 aromatic heterocycles. The van der Waals surface area contributed by atoms with Crippen molar-refractivity contribution in [1.29, 1.82) is 0 Å². The van der Waals surface area contributed by atoms with Gasteiger partial charge < -0.3 is 4.74 Å². The van der Waals surface area contributed by atoms with E-state index in [1.807, 2.05) is 0 Å². The van der Waals surface area contributed by atoms with E-state index in [0.29, 0.717) is 0 Å². The largest absolute Gasteiger partial charge is 0.461 e. The third-order valence-corrected chi connectivity index (χ3v) is 2.70. The van der Waals surface area contributed by atoms with Crippen LogP contribution in [-0.2, 0) is 14.3 Å². The molecule has 0 aromatic rings. The zero-order chi connectivity index (χ0) is 12.0. The van der Waals surface area contributed by atoms with Crippen LogP contribution < -0.4 is 0 Å². The van der Waals surface area contributed by atoms with Crippen molar-refractivity contribution < 1.29 is 19.2 Å². The summed E-state index contributed by atoms with van der Waals surface area (Å²) in [4.78, 5) is 31.1. The van der Waals surface area contributed by atoms with Gasteiger partial charge in [-0.05, 0) is 13.8 Å². The highest BCUT2D eigenvalue weighted by Gasteiger charge is 2.34. The molecule has 0 radical (unpaired) electrons. The van der Waals surface area contributed by atoms with Gasteiger partial charge in [0.05, 0.1) is 11.4 Å². The molecule has 86 valence electrons. The topological polar surface area (TPSA) is 86.5 Å². The lowest BCUT2D eigenvalue weighted by atomic mass is 10.1. The maximum atomic E-state index is 11.1. The van der Waals surface area contributed by atoms with Gasteiger partial charge in [-0.3, -0.25) is 14.9 Å². The van der Waals surface area contributed by atoms with Gasteiger partial charge in [-0.1, -0.05) is 15.9 Å². The molecule has 0 bridgehead atoms. The number of rotatable bonds is 6. The van der Waals surface area contributed by atoms with E-state index in [0.717, 1.165) is 0 Å². The van der Waals surface area contributed by atoms with Crippen molar-refractivity contribution in [3.63, 3.8) is 0 Å². The molecule has 0 spiro atoms. The number of nitro groups is 1. The summed E-state index contributed by atoms with van der Waals surface area (Å²) in [5.74, 6) is -1.17. The molecule has 15 heavy (non-hydrogen) atoms. The van der Waals surface area contributed by atoms with Gasteiger partial charge in [0, 0.05) is 11.3 Å². The van der Waals surface area contributed by atoms with Gasteiger partial charge in [0.15, 0.2) is 0 Å². The highest BCUT2D eigenvalue weighted by atomic mass is 79.9. The first-order valence-electron chi connectivity index (χ1n) is 4.34. The molecular weight excluding hydrogens is 270 g/mol. The molecule has 0 amide bonds. The summed E-state index contributed by atoms with van der Waals surface area (Å²) in [7, 11) is 0. The van der Waals surface area contributed by atoms with Crippen molar-refractivity contribution in [2.45, 2.75) is 31.1 Å². The van der Waals surface area contributed by atoms with E-state index in [-0.39, 0.29) is 18.8 Å². The highest BCUT2D eigenvalue weighted by molar-refractivity contribution is 9.10. The van der Waals surface area contributed by atoms with Crippen molar-refractivity contribution in [1.82, 2.24) is 0 Å². The van der Waals surface area contributed by atoms with Crippen molar-refractivity contribution >= 4 is 27.7 Å². The van der Waals surface area contributed by atoms with Gasteiger partial charge in [-0.15, -0.1) is 0 Å². The Balaban J connectivity index is 4.47. The molecule has 2 unspecified atom stereocenters. The van der Waals surface area contributed by atoms with Crippen molar-refractivity contribution in [2.24, 2.45) is 0 Å². The standard InChI is InChI=1S/C8H12BrNO5/c1-3-15-8(12)7(10(13)14)4-6(9)5(2)11/h6-7H,3-4H2,1-2H3. The van der Waals surface area contributed by atoms with Crippen molar-refractivity contribution in [3.05, 3.63) is 10.1 Å². The summed E-state index contributed by atoms with van der Waals surface area (Å²) in [5, 5.41) is 10.5. The predicted octanol–water partition coefficient (Wildman–Crippen LogP) is 0.937. The van der Waals surface area contributed by atoms with Crippen LogP contribution in [0, 0.1) is 10.1 Å². The number of carbonyl (C=O) groups excluding carboxylic acids is 2. The smallest absolute Gasteiger partial charge is 0.381 e. The normalized spacial score (nSPS) is 14.1. The lowest BCUT2D eigenvalue weighted by Crippen LogP contribution is -2.35. The molecule has 0 aliphatic heterocycles. The minimum absolute atomic E-state index is 0.0796. The SMILES string of the molecule is CCOC(=O)C(CC(Br)C(C)=O)[N+](=O)[O-]. The summed E-state index contributed by atoms with van der Waals surface area (Å²) in [5.41, 5.74) is 0. The van der Waals surface area contributed by atoms with Gasteiger partial charge >= 0.3 is 12.0 Å². The zero-order valence-corrected chi connectivity index (χ0v) is 10.0. The number of halogens is 1. The van der Waals surface area contributed by atoms with E-state index in [1.54, 1.807) is 6.92 Å². The summed E-state index contributed by atoms with van der Waals surface area (Å²) < 4.78 is 4.53. The Morgan fingerprint density at radius 3 is 2.40 bits per heavy atom. The number of esters is 1. The number of ether oxygens (including phenoxy) is 1. The van der Waals surface area contributed by atoms with Crippen LogP contribution in [0.3, 0.4) is 0 Å². The second-order valence-corrected chi connectivity index (χ2v) is 3.97. The quantitative estimate of drug-likeness (QED) is 0.313. The van der Waals surface area contributed by atoms with Crippen LogP contribution in [0.25, 0.3) is 0 Å². The third-order valence-electron chi connectivity index (χ3n) is 1.68. The zero-order valence-electron chi connectivity index (χ0n) is 8.44. The second-order valence-electron chi connectivity index (χ2n) is 2.87. The lowest BCUT2D eigenvalue weighted by molar-refractivity contribution is -0.511. The Morgan fingerprint density at radius 1 is 1.53 bits per heavy atom. The summed E-state index contributed by atoms with van der Waals surface area (Å²) >= 11 is 2.97. The average Bonchev–Trinajstić information content (AvgIpc) is 2.13. The fourth-order valence-electron chi connectivity index (χ4n) is 0.869. The summed E-state index contributed by atoms with van der Waals surface area (Å²) in [6, 6.07) is -1.49. The fourth-order valence-corrected chi connectivity index (χ4v) is 1.22. The molecule has 6 nitrogen and oxygen atoms in total. The van der Waals surface area contributed by atoms with E-state index in [1.165, 1.54) is 6.92 Å². The molecule has 0 saturated carbocycles. The molecule has 0 heterocycles. The van der Waals surface area contributed by atoms with Crippen LogP contribution in [0.5, 0.6) is 0 Å². The maximum absolute atomic E-state index is 11.1. The first kappa shape index (κ1) is 14.0. The molecule has 0 saturated heterocycles. The number of hydrogen-bond donors (Lipinski definition) is 0. The maximum Gasteiger partial charge on any atom is 0.381 e. The van der Waals surface area contributed by atoms with Gasteiger partial charge in [0.25, 0.3) is 0 Å². The van der Waals surface area contributed by atoms with Crippen molar-refractivity contribution in [3.8, 4) is 0 Å². The molecule has 0 rings (SSSR count). The van der Waals surface area contributed by atoms with Gasteiger partial charge in [0.2, 0.25) is 0 Å². The van der Waals surface area contributed by atoms with E-state index < -0.39 is 21.8 Å². The van der Waals surface area contributed by atoms with E-state index in [4.69, 9.17) is 0 Å². The number of alkyl halides is 1. The Morgan fingerprint density at radius 2 is 2.07 bits per heavy atom. The second kappa shape index (κ2) is 6.49. The Kier molecular flexibility index (Phi) is 6.07. The molecule has 0 aliphatic carbocycles. The number of Topliss-reactive ketones (excluding diaryl/α,β-unsaturated/α-hetero) is 1. The Hall–Kier alpha value is -0.980. The number of hydrogen-bond acceptors (Lipinski definition) is 5. The lowest BCUT2D eigenvalue weighted by Gasteiger charge is -2.10. The average molecular weight is 282 g/mol. The van der Waals surface area contributed by atoms with Crippen LogP contribution >= 0.6 is 15.9 Å². The van der Waals surface area contributed by atoms with Gasteiger partial charge in [-0.25, -0.2) is 4.79 Å². The Labute approximate surface area is 95.3 Å². The summed E-state index contributed by atoms with van der Waals surface area (Å²) in [6.07, 6.45) is -0.193. The third kappa shape index (κ3) is 4.87. The van der Waals surface area contributed by atoms with Crippen LogP contribution in [0.1, 0.15) is 20.3 Å². The van der Waals surface area contributed by atoms with Crippen LogP contribution in [0.15, 0.2) is 0 Å². The number of nitrogens with zero attached hydrogens (tertiary/aromatic N) is 1. The highest BCUT2D eigenvalue weighted by Crippen LogP contribution is 2.12. The van der Waals surface area contributed by atoms with E-state index in [9.17, 15) is 19.7 Å². The molecular formula is C8H12BrNO5. The molecule has 2 atom stereocenters. The van der Waals surface area contributed by atoms with Crippen LogP contribution in [0.2, 0.25) is 0 Å². The monoisotopic (exact) mass is 281 g/mol. The minimum atomic E-state index is -1.49.